The zero-order valence-electron chi connectivity index (χ0n) is 9.89. The van der Waals surface area contributed by atoms with Crippen LogP contribution in [0, 0.1) is 0 Å². The average molecular weight is 235 g/mol. The van der Waals surface area contributed by atoms with Crippen LogP contribution in [-0.2, 0) is 14.3 Å². The number of esters is 1. The molecule has 1 rings (SSSR count). The lowest BCUT2D eigenvalue weighted by Gasteiger charge is -2.00. The van der Waals surface area contributed by atoms with Gasteiger partial charge in [0.15, 0.2) is 0 Å². The molecule has 0 spiro atoms. The van der Waals surface area contributed by atoms with Crippen LogP contribution in [-0.4, -0.2) is 26.3 Å². The summed E-state index contributed by atoms with van der Waals surface area (Å²) in [5.41, 5.74) is 7.16. The van der Waals surface area contributed by atoms with Gasteiger partial charge >= 0.3 is 5.97 Å². The number of methoxy groups -OCH3 is 1. The van der Waals surface area contributed by atoms with Crippen molar-refractivity contribution in [2.24, 2.45) is 0 Å². The van der Waals surface area contributed by atoms with Gasteiger partial charge in [-0.15, -0.1) is 0 Å². The summed E-state index contributed by atoms with van der Waals surface area (Å²) in [4.78, 5) is 11.3. The van der Waals surface area contributed by atoms with E-state index in [4.69, 9.17) is 15.2 Å². The first-order valence-corrected chi connectivity index (χ1v) is 5.41. The predicted molar refractivity (Wildman–Crippen MR) is 67.3 cm³/mol. The molecular weight excluding hydrogens is 218 g/mol. The largest absolute Gasteiger partial charge is 0.462 e. The van der Waals surface area contributed by atoms with Gasteiger partial charge in [-0.1, -0.05) is 12.1 Å². The first kappa shape index (κ1) is 13.3. The number of nitrogen functional groups attached to an aromatic ring is 1. The maximum atomic E-state index is 11.3. The number of anilines is 1. The highest BCUT2D eigenvalue weighted by molar-refractivity contribution is 5.87. The topological polar surface area (TPSA) is 61.5 Å². The molecule has 17 heavy (non-hydrogen) atoms. The molecule has 0 saturated heterocycles. The van der Waals surface area contributed by atoms with Crippen LogP contribution in [0.25, 0.3) is 6.08 Å². The lowest BCUT2D eigenvalue weighted by molar-refractivity contribution is -0.138. The summed E-state index contributed by atoms with van der Waals surface area (Å²) in [6, 6.07) is 7.28. The maximum Gasteiger partial charge on any atom is 0.330 e. The van der Waals surface area contributed by atoms with Crippen LogP contribution < -0.4 is 5.73 Å². The fraction of sp³-hybridized carbons (Fsp3) is 0.308. The molecule has 0 aromatic heterocycles. The van der Waals surface area contributed by atoms with E-state index in [1.807, 2.05) is 12.1 Å². The van der Waals surface area contributed by atoms with E-state index < -0.39 is 0 Å². The minimum Gasteiger partial charge on any atom is -0.462 e. The quantitative estimate of drug-likeness (QED) is 0.354. The van der Waals surface area contributed by atoms with Gasteiger partial charge in [-0.05, 0) is 23.8 Å². The van der Waals surface area contributed by atoms with Gasteiger partial charge in [-0.2, -0.15) is 0 Å². The molecule has 0 aliphatic carbocycles. The summed E-state index contributed by atoms with van der Waals surface area (Å²) >= 11 is 0. The Balaban J connectivity index is 2.35. The number of hydrogen-bond acceptors (Lipinski definition) is 4. The Morgan fingerprint density at radius 2 is 2.24 bits per heavy atom. The van der Waals surface area contributed by atoms with E-state index in [-0.39, 0.29) is 5.97 Å². The van der Waals surface area contributed by atoms with E-state index in [0.29, 0.717) is 25.3 Å². The summed E-state index contributed by atoms with van der Waals surface area (Å²) in [5, 5.41) is 0. The number of benzene rings is 1. The number of ether oxygens (including phenoxy) is 2. The van der Waals surface area contributed by atoms with E-state index in [2.05, 4.69) is 0 Å². The number of hydrogen-bond donors (Lipinski definition) is 1. The SMILES string of the molecule is COCCCOC(=O)/C=C/c1cccc(N)c1. The summed E-state index contributed by atoms with van der Waals surface area (Å²) in [7, 11) is 1.61. The third-order valence-corrected chi connectivity index (χ3v) is 2.06. The third kappa shape index (κ3) is 5.73. The normalized spacial score (nSPS) is 10.6. The standard InChI is InChI=1S/C13H17NO3/c1-16-8-3-9-17-13(15)7-6-11-4-2-5-12(14)10-11/h2,4-7,10H,3,8-9,14H2,1H3/b7-6+. The van der Waals surface area contributed by atoms with Crippen LogP contribution in [0.3, 0.4) is 0 Å². The van der Waals surface area contributed by atoms with Crippen LogP contribution in [0.1, 0.15) is 12.0 Å². The molecule has 1 aromatic rings. The molecule has 0 atom stereocenters. The Kier molecular flexibility index (Phi) is 5.82. The van der Waals surface area contributed by atoms with Crippen molar-refractivity contribution in [2.75, 3.05) is 26.1 Å². The van der Waals surface area contributed by atoms with Gasteiger partial charge in [0.25, 0.3) is 0 Å². The molecule has 0 heterocycles. The van der Waals surface area contributed by atoms with E-state index in [0.717, 1.165) is 5.56 Å². The van der Waals surface area contributed by atoms with E-state index >= 15 is 0 Å². The van der Waals surface area contributed by atoms with Gasteiger partial charge in [-0.25, -0.2) is 4.79 Å². The van der Waals surface area contributed by atoms with Crippen LogP contribution >= 0.6 is 0 Å². The second kappa shape index (κ2) is 7.46. The van der Waals surface area contributed by atoms with Crippen LogP contribution in [0.4, 0.5) is 5.69 Å². The highest BCUT2D eigenvalue weighted by atomic mass is 16.5. The third-order valence-electron chi connectivity index (χ3n) is 2.06. The summed E-state index contributed by atoms with van der Waals surface area (Å²) in [6.07, 6.45) is 3.77. The van der Waals surface area contributed by atoms with Crippen molar-refractivity contribution in [3.8, 4) is 0 Å². The second-order valence-electron chi connectivity index (χ2n) is 3.52. The minimum atomic E-state index is -0.358. The Morgan fingerprint density at radius 1 is 1.41 bits per heavy atom. The first-order valence-electron chi connectivity index (χ1n) is 5.41. The van der Waals surface area contributed by atoms with Gasteiger partial charge in [0, 0.05) is 31.9 Å². The zero-order valence-corrected chi connectivity index (χ0v) is 9.89. The number of rotatable bonds is 6. The molecule has 0 fully saturated rings. The number of nitrogens with two attached hydrogens (primary N) is 1. The molecule has 0 unspecified atom stereocenters. The van der Waals surface area contributed by atoms with Crippen molar-refractivity contribution in [3.63, 3.8) is 0 Å². The van der Waals surface area contributed by atoms with E-state index in [9.17, 15) is 4.79 Å². The molecule has 0 radical (unpaired) electrons. The van der Waals surface area contributed by atoms with Crippen LogP contribution in [0.15, 0.2) is 30.3 Å². The molecule has 0 amide bonds. The van der Waals surface area contributed by atoms with Crippen LogP contribution in [0.2, 0.25) is 0 Å². The van der Waals surface area contributed by atoms with Crippen molar-refractivity contribution in [1.29, 1.82) is 0 Å². The van der Waals surface area contributed by atoms with Gasteiger partial charge in [0.05, 0.1) is 6.61 Å². The van der Waals surface area contributed by atoms with Gasteiger partial charge < -0.3 is 15.2 Å². The van der Waals surface area contributed by atoms with Crippen molar-refractivity contribution in [2.45, 2.75) is 6.42 Å². The Bertz CT molecular complexity index is 388. The van der Waals surface area contributed by atoms with Crippen LogP contribution in [0.5, 0.6) is 0 Å². The van der Waals surface area contributed by atoms with Crippen molar-refractivity contribution >= 4 is 17.7 Å². The average Bonchev–Trinajstić information content (AvgIpc) is 2.32. The molecular formula is C13H17NO3. The zero-order chi connectivity index (χ0) is 12.5. The second-order valence-corrected chi connectivity index (χ2v) is 3.52. The molecule has 2 N–H and O–H groups in total. The highest BCUT2D eigenvalue weighted by Crippen LogP contribution is 2.08. The Hall–Kier alpha value is -1.81. The Morgan fingerprint density at radius 3 is 2.94 bits per heavy atom. The van der Waals surface area contributed by atoms with E-state index in [1.165, 1.54) is 6.08 Å². The minimum absolute atomic E-state index is 0.358. The van der Waals surface area contributed by atoms with Gasteiger partial charge in [0.2, 0.25) is 0 Å². The van der Waals surface area contributed by atoms with Crippen molar-refractivity contribution in [1.82, 2.24) is 0 Å². The summed E-state index contributed by atoms with van der Waals surface area (Å²) < 4.78 is 9.80. The molecule has 0 aliphatic rings. The van der Waals surface area contributed by atoms with Crippen molar-refractivity contribution in [3.05, 3.63) is 35.9 Å². The summed E-state index contributed by atoms with van der Waals surface area (Å²) in [6.45, 7) is 0.958. The molecule has 1 aromatic carbocycles. The fourth-order valence-corrected chi connectivity index (χ4v) is 1.25. The number of carbonyl (C=O) groups excluding carboxylic acids is 1. The Labute approximate surface area is 101 Å². The van der Waals surface area contributed by atoms with Gasteiger partial charge in [-0.3, -0.25) is 0 Å². The predicted octanol–water partition coefficient (Wildman–Crippen LogP) is 1.86. The molecule has 4 nitrogen and oxygen atoms in total. The monoisotopic (exact) mass is 235 g/mol. The smallest absolute Gasteiger partial charge is 0.330 e. The first-order chi connectivity index (χ1) is 8.22. The molecule has 92 valence electrons. The molecule has 0 bridgehead atoms. The van der Waals surface area contributed by atoms with Crippen molar-refractivity contribution < 1.29 is 14.3 Å². The molecule has 0 saturated carbocycles. The maximum absolute atomic E-state index is 11.3. The molecule has 4 heteroatoms. The lowest BCUT2D eigenvalue weighted by Crippen LogP contribution is -2.04. The molecule has 0 aliphatic heterocycles. The highest BCUT2D eigenvalue weighted by Gasteiger charge is 1.96. The van der Waals surface area contributed by atoms with E-state index in [1.54, 1.807) is 25.3 Å². The summed E-state index contributed by atoms with van der Waals surface area (Å²) in [5.74, 6) is -0.358. The van der Waals surface area contributed by atoms with Gasteiger partial charge in [0.1, 0.15) is 0 Å². The lowest BCUT2D eigenvalue weighted by atomic mass is 10.2. The number of carbonyl (C=O) groups is 1. The fourth-order valence-electron chi connectivity index (χ4n) is 1.25.